The van der Waals surface area contributed by atoms with Gasteiger partial charge in [0.1, 0.15) is 11.4 Å². The van der Waals surface area contributed by atoms with Gasteiger partial charge in [-0.2, -0.15) is 5.26 Å². The molecule has 3 aliphatic rings. The van der Waals surface area contributed by atoms with E-state index in [2.05, 4.69) is 38.1 Å². The smallest absolute Gasteiger partial charge is 0.119 e. The molecule has 4 heteroatoms. The summed E-state index contributed by atoms with van der Waals surface area (Å²) in [5.74, 6) is 2.56. The van der Waals surface area contributed by atoms with Gasteiger partial charge in [-0.1, -0.05) is 26.3 Å². The lowest BCUT2D eigenvalue weighted by Gasteiger charge is -2.56. The topological polar surface area (TPSA) is 73.5 Å². The molecule has 0 heterocycles. The average molecular weight is 370 g/mol. The van der Waals surface area contributed by atoms with E-state index in [9.17, 15) is 15.5 Å². The Kier molecular flexibility index (Phi) is 4.52. The summed E-state index contributed by atoms with van der Waals surface area (Å²) in [4.78, 5) is 0. The monoisotopic (exact) mass is 369 g/mol. The van der Waals surface area contributed by atoms with Crippen molar-refractivity contribution < 1.29 is 14.9 Å². The Morgan fingerprint density at radius 3 is 2.81 bits per heavy atom. The van der Waals surface area contributed by atoms with E-state index in [-0.39, 0.29) is 12.3 Å². The van der Waals surface area contributed by atoms with Gasteiger partial charge in [0, 0.05) is 5.41 Å². The van der Waals surface area contributed by atoms with Crippen LogP contribution in [0.25, 0.3) is 0 Å². The van der Waals surface area contributed by atoms with Gasteiger partial charge < -0.3 is 14.9 Å². The number of rotatable bonds is 3. The second kappa shape index (κ2) is 6.50. The van der Waals surface area contributed by atoms with Crippen molar-refractivity contribution in [2.24, 2.45) is 23.2 Å². The Balaban J connectivity index is 1.77. The van der Waals surface area contributed by atoms with Crippen molar-refractivity contribution in [3.8, 4) is 11.8 Å². The molecule has 3 aliphatic carbocycles. The largest absolute Gasteiger partial charge is 0.497 e. The van der Waals surface area contributed by atoms with Crippen molar-refractivity contribution in [2.75, 3.05) is 7.11 Å². The Bertz CT molecular complexity index is 771. The number of nitrogens with zero attached hydrogens (tertiary/aromatic N) is 1. The first-order valence-corrected chi connectivity index (χ1v) is 10.3. The maximum atomic E-state index is 11.4. The van der Waals surface area contributed by atoms with E-state index >= 15 is 0 Å². The lowest BCUT2D eigenvalue weighted by atomic mass is 9.49. The maximum absolute atomic E-state index is 11.4. The fourth-order valence-electron chi connectivity index (χ4n) is 6.92. The molecule has 0 unspecified atom stereocenters. The summed E-state index contributed by atoms with van der Waals surface area (Å²) in [6.07, 6.45) is 3.84. The van der Waals surface area contributed by atoms with E-state index in [0.29, 0.717) is 24.2 Å². The Hall–Kier alpha value is -1.57. The second-order valence-corrected chi connectivity index (χ2v) is 9.20. The molecule has 2 saturated carbocycles. The highest BCUT2D eigenvalue weighted by atomic mass is 16.5. The molecule has 0 radical (unpaired) electrons. The molecule has 7 atom stereocenters. The fourth-order valence-corrected chi connectivity index (χ4v) is 6.92. The van der Waals surface area contributed by atoms with Gasteiger partial charge in [0.05, 0.1) is 25.7 Å². The van der Waals surface area contributed by atoms with Crippen molar-refractivity contribution in [2.45, 2.75) is 70.0 Å². The molecule has 2 N–H and O–H groups in total. The fraction of sp³-hybridized carbons (Fsp3) is 0.696. The lowest BCUT2D eigenvalue weighted by Crippen LogP contribution is -2.55. The number of methoxy groups -OCH3 is 1. The molecule has 0 bridgehead atoms. The first kappa shape index (κ1) is 18.8. The summed E-state index contributed by atoms with van der Waals surface area (Å²) in [7, 11) is 1.71. The third kappa shape index (κ3) is 2.48. The second-order valence-electron chi connectivity index (χ2n) is 9.20. The zero-order valence-electron chi connectivity index (χ0n) is 16.6. The SMILES string of the molecule is CC[C@H]1C[C@@]2(C)[C@@H](C[C@@H](O)[C@@]2(O)CC#N)[C@@H]2CCc3cc(OC)ccc3[C@@H]12. The van der Waals surface area contributed by atoms with Crippen LogP contribution in [-0.2, 0) is 6.42 Å². The van der Waals surface area contributed by atoms with Gasteiger partial charge in [0.15, 0.2) is 0 Å². The highest BCUT2D eigenvalue weighted by Crippen LogP contribution is 2.66. The first-order chi connectivity index (χ1) is 12.9. The molecule has 4 rings (SSSR count). The van der Waals surface area contributed by atoms with Crippen LogP contribution in [0.15, 0.2) is 18.2 Å². The third-order valence-electron chi connectivity index (χ3n) is 8.34. The maximum Gasteiger partial charge on any atom is 0.119 e. The van der Waals surface area contributed by atoms with Crippen molar-refractivity contribution in [1.29, 1.82) is 5.26 Å². The van der Waals surface area contributed by atoms with Crippen LogP contribution in [0.2, 0.25) is 0 Å². The van der Waals surface area contributed by atoms with Crippen LogP contribution in [-0.4, -0.2) is 29.0 Å². The van der Waals surface area contributed by atoms with E-state index in [0.717, 1.165) is 31.4 Å². The van der Waals surface area contributed by atoms with Crippen molar-refractivity contribution in [1.82, 2.24) is 0 Å². The average Bonchev–Trinajstić information content (AvgIpc) is 2.87. The molecule has 0 saturated heterocycles. The van der Waals surface area contributed by atoms with Gasteiger partial charge in [-0.15, -0.1) is 0 Å². The minimum absolute atomic E-state index is 0.0166. The molecule has 146 valence electrons. The number of aryl methyl sites for hydroxylation is 1. The number of hydrogen-bond donors (Lipinski definition) is 2. The predicted molar refractivity (Wildman–Crippen MR) is 103 cm³/mol. The Morgan fingerprint density at radius 2 is 2.15 bits per heavy atom. The highest BCUT2D eigenvalue weighted by Gasteiger charge is 2.66. The van der Waals surface area contributed by atoms with Crippen LogP contribution < -0.4 is 4.74 Å². The van der Waals surface area contributed by atoms with Gasteiger partial charge in [-0.3, -0.25) is 0 Å². The summed E-state index contributed by atoms with van der Waals surface area (Å²) in [6.45, 7) is 4.37. The zero-order valence-corrected chi connectivity index (χ0v) is 16.6. The van der Waals surface area contributed by atoms with E-state index in [1.165, 1.54) is 11.1 Å². The number of aliphatic hydroxyl groups is 2. The Labute approximate surface area is 162 Å². The van der Waals surface area contributed by atoms with Gasteiger partial charge >= 0.3 is 0 Å². The van der Waals surface area contributed by atoms with Crippen LogP contribution in [0.3, 0.4) is 0 Å². The quantitative estimate of drug-likeness (QED) is 0.850. The van der Waals surface area contributed by atoms with Crippen LogP contribution in [0.5, 0.6) is 5.75 Å². The third-order valence-corrected chi connectivity index (χ3v) is 8.34. The Morgan fingerprint density at radius 1 is 1.37 bits per heavy atom. The van der Waals surface area contributed by atoms with Gasteiger partial charge in [0.25, 0.3) is 0 Å². The van der Waals surface area contributed by atoms with Gasteiger partial charge in [-0.05, 0) is 72.6 Å². The van der Waals surface area contributed by atoms with Gasteiger partial charge in [0.2, 0.25) is 0 Å². The molecule has 1 aromatic carbocycles. The number of nitriles is 1. The van der Waals surface area contributed by atoms with Crippen molar-refractivity contribution in [3.63, 3.8) is 0 Å². The first-order valence-electron chi connectivity index (χ1n) is 10.3. The van der Waals surface area contributed by atoms with Crippen LogP contribution in [0.4, 0.5) is 0 Å². The molecule has 0 spiro atoms. The standard InChI is InChI=1S/C23H31NO3/c1-4-14-13-22(2)19(12-20(25)23(22,26)9-10-24)18-7-5-15-11-16(27-3)6-8-17(15)21(14)18/h6,8,11,14,18-21,25-26H,4-5,7,9,12-13H2,1-3H3/t14-,18-,19-,20+,21+,22-,23-/m0/s1. The molecule has 4 nitrogen and oxygen atoms in total. The normalized spacial score (nSPS) is 42.6. The van der Waals surface area contributed by atoms with Crippen molar-refractivity contribution >= 4 is 0 Å². The molecule has 27 heavy (non-hydrogen) atoms. The minimum Gasteiger partial charge on any atom is -0.497 e. The number of ether oxygens (including phenoxy) is 1. The molecule has 0 aliphatic heterocycles. The molecule has 1 aromatic rings. The number of hydrogen-bond acceptors (Lipinski definition) is 4. The molecule has 2 fully saturated rings. The minimum atomic E-state index is -1.29. The van der Waals surface area contributed by atoms with Gasteiger partial charge in [-0.25, -0.2) is 0 Å². The summed E-state index contributed by atoms with van der Waals surface area (Å²) in [5, 5.41) is 31.5. The zero-order chi connectivity index (χ0) is 19.4. The predicted octanol–water partition coefficient (Wildman–Crippen LogP) is 3.80. The van der Waals surface area contributed by atoms with E-state index in [4.69, 9.17) is 4.74 Å². The van der Waals surface area contributed by atoms with Crippen LogP contribution in [0, 0.1) is 34.5 Å². The van der Waals surface area contributed by atoms with Crippen molar-refractivity contribution in [3.05, 3.63) is 29.3 Å². The summed E-state index contributed by atoms with van der Waals surface area (Å²) >= 11 is 0. The molecule has 0 amide bonds. The van der Waals surface area contributed by atoms with E-state index in [1.807, 2.05) is 0 Å². The van der Waals surface area contributed by atoms with Crippen LogP contribution >= 0.6 is 0 Å². The highest BCUT2D eigenvalue weighted by molar-refractivity contribution is 5.41. The summed E-state index contributed by atoms with van der Waals surface area (Å²) in [6, 6.07) is 8.64. The molecular formula is C23H31NO3. The number of aliphatic hydroxyl groups excluding tert-OH is 1. The molecular weight excluding hydrogens is 338 g/mol. The van der Waals surface area contributed by atoms with Crippen LogP contribution in [0.1, 0.15) is 63.0 Å². The lowest BCUT2D eigenvalue weighted by molar-refractivity contribution is -0.148. The molecule has 0 aromatic heterocycles. The van der Waals surface area contributed by atoms with E-state index < -0.39 is 17.1 Å². The van der Waals surface area contributed by atoms with E-state index in [1.54, 1.807) is 7.11 Å². The number of benzene rings is 1. The summed E-state index contributed by atoms with van der Waals surface area (Å²) < 4.78 is 5.43. The number of fused-ring (bicyclic) bond motifs is 5. The summed E-state index contributed by atoms with van der Waals surface area (Å²) in [5.41, 5.74) is 1.15.